The summed E-state index contributed by atoms with van der Waals surface area (Å²) in [5.41, 5.74) is 1.35. The summed E-state index contributed by atoms with van der Waals surface area (Å²) in [6.45, 7) is 7.48. The highest BCUT2D eigenvalue weighted by Gasteiger charge is 2.56. The highest BCUT2D eigenvalue weighted by molar-refractivity contribution is 5.06. The van der Waals surface area contributed by atoms with Crippen molar-refractivity contribution in [3.8, 4) is 0 Å². The van der Waals surface area contributed by atoms with Crippen LogP contribution in [0.5, 0.6) is 0 Å². The Morgan fingerprint density at radius 1 is 0.933 bits per heavy atom. The molecule has 0 aromatic heterocycles. The van der Waals surface area contributed by atoms with Gasteiger partial charge in [0.05, 0.1) is 0 Å². The second-order valence-electron chi connectivity index (χ2n) is 7.44. The molecule has 0 amide bonds. The van der Waals surface area contributed by atoms with Gasteiger partial charge in [-0.1, -0.05) is 27.2 Å². The average molecular weight is 206 g/mol. The summed E-state index contributed by atoms with van der Waals surface area (Å²) in [5.74, 6) is 3.34. The molecule has 0 atom stereocenters. The molecule has 0 aromatic carbocycles. The summed E-state index contributed by atoms with van der Waals surface area (Å²) in [5, 5.41) is 0. The van der Waals surface area contributed by atoms with E-state index in [-0.39, 0.29) is 0 Å². The Kier molecular flexibility index (Phi) is 2.05. The molecule has 0 spiro atoms. The van der Waals surface area contributed by atoms with Crippen molar-refractivity contribution >= 4 is 0 Å². The summed E-state index contributed by atoms with van der Waals surface area (Å²) in [6, 6.07) is 0. The number of hydrogen-bond acceptors (Lipinski definition) is 0. The first-order valence-electron chi connectivity index (χ1n) is 7.05. The molecule has 4 rings (SSSR count). The van der Waals surface area contributed by atoms with Crippen LogP contribution in [0.2, 0.25) is 0 Å². The van der Waals surface area contributed by atoms with Crippen molar-refractivity contribution in [3.05, 3.63) is 0 Å². The van der Waals surface area contributed by atoms with E-state index in [2.05, 4.69) is 20.8 Å². The van der Waals surface area contributed by atoms with E-state index in [9.17, 15) is 0 Å². The van der Waals surface area contributed by atoms with Gasteiger partial charge < -0.3 is 0 Å². The third kappa shape index (κ3) is 1.33. The standard InChI is InChI=1S/C15H26/c1-4-14(2,3)15-8-11-5-12(9-15)7-13(6-11)10-15/h11-13H,4-10H2,1-3H3. The molecule has 15 heavy (non-hydrogen) atoms. The van der Waals surface area contributed by atoms with Crippen LogP contribution in [-0.4, -0.2) is 0 Å². The predicted octanol–water partition coefficient (Wildman–Crippen LogP) is 4.64. The number of rotatable bonds is 2. The predicted molar refractivity (Wildman–Crippen MR) is 64.7 cm³/mol. The zero-order valence-electron chi connectivity index (χ0n) is 10.7. The van der Waals surface area contributed by atoms with E-state index in [1.54, 1.807) is 38.5 Å². The van der Waals surface area contributed by atoms with Crippen LogP contribution in [0.3, 0.4) is 0 Å². The maximum absolute atomic E-state index is 2.54. The van der Waals surface area contributed by atoms with Crippen LogP contribution >= 0.6 is 0 Å². The van der Waals surface area contributed by atoms with Crippen LogP contribution in [0.4, 0.5) is 0 Å². The fourth-order valence-electron chi connectivity index (χ4n) is 5.31. The van der Waals surface area contributed by atoms with Crippen molar-refractivity contribution in [2.45, 2.75) is 65.7 Å². The van der Waals surface area contributed by atoms with Crippen LogP contribution in [-0.2, 0) is 0 Å². The molecule has 0 aromatic rings. The van der Waals surface area contributed by atoms with E-state index in [4.69, 9.17) is 0 Å². The van der Waals surface area contributed by atoms with Gasteiger partial charge in [0.2, 0.25) is 0 Å². The Hall–Kier alpha value is 0. The maximum atomic E-state index is 2.54. The lowest BCUT2D eigenvalue weighted by atomic mass is 9.43. The van der Waals surface area contributed by atoms with Crippen LogP contribution in [0.25, 0.3) is 0 Å². The molecular weight excluding hydrogens is 180 g/mol. The van der Waals surface area contributed by atoms with Gasteiger partial charge in [-0.3, -0.25) is 0 Å². The molecular formula is C15H26. The largest absolute Gasteiger partial charge is 0.0649 e. The molecule has 86 valence electrons. The molecule has 0 unspecified atom stereocenters. The molecule has 4 aliphatic rings. The molecule has 0 radical (unpaired) electrons. The summed E-state index contributed by atoms with van der Waals surface area (Å²) >= 11 is 0. The van der Waals surface area contributed by atoms with Crippen LogP contribution in [0.15, 0.2) is 0 Å². The summed E-state index contributed by atoms with van der Waals surface area (Å²) in [7, 11) is 0. The van der Waals surface area contributed by atoms with Gasteiger partial charge in [-0.15, -0.1) is 0 Å². The third-order valence-electron chi connectivity index (χ3n) is 6.36. The van der Waals surface area contributed by atoms with E-state index in [0.717, 1.165) is 23.2 Å². The highest BCUT2D eigenvalue weighted by atomic mass is 14.6. The smallest absolute Gasteiger partial charge is 0.0238 e. The Labute approximate surface area is 94.8 Å². The van der Waals surface area contributed by atoms with Gasteiger partial charge >= 0.3 is 0 Å². The van der Waals surface area contributed by atoms with Gasteiger partial charge in [0.1, 0.15) is 0 Å². The lowest BCUT2D eigenvalue weighted by Gasteiger charge is -2.62. The van der Waals surface area contributed by atoms with E-state index in [1.807, 2.05) is 0 Å². The monoisotopic (exact) mass is 206 g/mol. The van der Waals surface area contributed by atoms with Crippen molar-refractivity contribution in [1.82, 2.24) is 0 Å². The minimum absolute atomic E-state index is 0.600. The Morgan fingerprint density at radius 2 is 1.33 bits per heavy atom. The second kappa shape index (κ2) is 3.02. The summed E-state index contributed by atoms with van der Waals surface area (Å²) < 4.78 is 0. The van der Waals surface area contributed by atoms with Gasteiger partial charge in [-0.2, -0.15) is 0 Å². The molecule has 0 heterocycles. The van der Waals surface area contributed by atoms with Crippen LogP contribution in [0.1, 0.15) is 65.7 Å². The zero-order valence-corrected chi connectivity index (χ0v) is 10.7. The van der Waals surface area contributed by atoms with E-state index < -0.39 is 0 Å². The van der Waals surface area contributed by atoms with E-state index in [1.165, 1.54) is 6.42 Å². The van der Waals surface area contributed by atoms with Crippen molar-refractivity contribution in [3.63, 3.8) is 0 Å². The van der Waals surface area contributed by atoms with Crippen molar-refractivity contribution in [2.75, 3.05) is 0 Å². The summed E-state index contributed by atoms with van der Waals surface area (Å²) in [6.07, 6.45) is 10.8. The minimum atomic E-state index is 0.600. The van der Waals surface area contributed by atoms with Crippen LogP contribution < -0.4 is 0 Å². The quantitative estimate of drug-likeness (QED) is 0.617. The zero-order chi connectivity index (χ0) is 10.7. The van der Waals surface area contributed by atoms with E-state index >= 15 is 0 Å². The van der Waals surface area contributed by atoms with Crippen molar-refractivity contribution < 1.29 is 0 Å². The molecule has 4 fully saturated rings. The van der Waals surface area contributed by atoms with E-state index in [0.29, 0.717) is 5.41 Å². The molecule has 4 bridgehead atoms. The molecule has 0 saturated heterocycles. The fourth-order valence-corrected chi connectivity index (χ4v) is 5.31. The molecule has 0 aliphatic heterocycles. The van der Waals surface area contributed by atoms with Gasteiger partial charge in [0.25, 0.3) is 0 Å². The molecule has 0 N–H and O–H groups in total. The topological polar surface area (TPSA) is 0 Å². The highest BCUT2D eigenvalue weighted by Crippen LogP contribution is 2.66. The molecule has 4 saturated carbocycles. The fraction of sp³-hybridized carbons (Fsp3) is 1.00. The lowest BCUT2D eigenvalue weighted by molar-refractivity contribution is -0.120. The van der Waals surface area contributed by atoms with Crippen molar-refractivity contribution in [2.24, 2.45) is 28.6 Å². The lowest BCUT2D eigenvalue weighted by Crippen LogP contribution is -2.52. The first-order valence-corrected chi connectivity index (χ1v) is 7.05. The summed E-state index contributed by atoms with van der Waals surface area (Å²) in [4.78, 5) is 0. The first-order chi connectivity index (χ1) is 7.05. The average Bonchev–Trinajstić information content (AvgIpc) is 2.15. The second-order valence-corrected chi connectivity index (χ2v) is 7.44. The number of hydrogen-bond donors (Lipinski definition) is 0. The molecule has 0 nitrogen and oxygen atoms in total. The Bertz CT molecular complexity index is 226. The molecule has 4 aliphatic carbocycles. The first kappa shape index (κ1) is 10.2. The van der Waals surface area contributed by atoms with Crippen molar-refractivity contribution in [1.29, 1.82) is 0 Å². The Morgan fingerprint density at radius 3 is 1.67 bits per heavy atom. The molecule has 0 heteroatoms. The Balaban J connectivity index is 1.93. The van der Waals surface area contributed by atoms with Gasteiger partial charge in [0.15, 0.2) is 0 Å². The SMILES string of the molecule is CCC(C)(C)C12CC3CC(CC(C3)C1)C2. The van der Waals surface area contributed by atoms with Gasteiger partial charge in [-0.25, -0.2) is 0 Å². The maximum Gasteiger partial charge on any atom is -0.0238 e. The minimum Gasteiger partial charge on any atom is -0.0649 e. The van der Waals surface area contributed by atoms with Gasteiger partial charge in [-0.05, 0) is 67.1 Å². The third-order valence-corrected chi connectivity index (χ3v) is 6.36. The van der Waals surface area contributed by atoms with Crippen LogP contribution in [0, 0.1) is 28.6 Å². The normalized spacial score (nSPS) is 48.6. The van der Waals surface area contributed by atoms with Gasteiger partial charge in [0, 0.05) is 0 Å².